The molecule has 0 spiro atoms. The number of nitrogens with one attached hydrogen (secondary N) is 2. The highest BCUT2D eigenvalue weighted by molar-refractivity contribution is 5.95. The Bertz CT molecular complexity index is 965. The molecule has 318 valence electrons. The number of carbonyl (C=O) groups is 3. The van der Waals surface area contributed by atoms with E-state index in [1.807, 2.05) is 32.9 Å². The maximum atomic E-state index is 12.0. The van der Waals surface area contributed by atoms with Crippen molar-refractivity contribution in [2.75, 3.05) is 0 Å². The van der Waals surface area contributed by atoms with Gasteiger partial charge in [-0.2, -0.15) is 0 Å². The second kappa shape index (κ2) is 35.1. The molecule has 0 fully saturated rings. The number of ketones is 1. The van der Waals surface area contributed by atoms with Gasteiger partial charge in [-0.25, -0.2) is 9.59 Å². The summed E-state index contributed by atoms with van der Waals surface area (Å²) in [5, 5.41) is 15.3. The number of unbranched alkanes of at least 4 members (excludes halogenated alkanes) is 22. The summed E-state index contributed by atoms with van der Waals surface area (Å²) >= 11 is 0. The van der Waals surface area contributed by atoms with Crippen molar-refractivity contribution in [1.82, 2.24) is 10.6 Å². The Kier molecular flexibility index (Phi) is 34.9. The second-order valence-corrected chi connectivity index (χ2v) is 17.2. The molecule has 8 nitrogen and oxygen atoms in total. The van der Waals surface area contributed by atoms with Crippen LogP contribution in [0.1, 0.15) is 223 Å². The van der Waals surface area contributed by atoms with E-state index in [0.29, 0.717) is 0 Å². The molecule has 0 aliphatic heterocycles. The molecule has 54 heavy (non-hydrogen) atoms. The van der Waals surface area contributed by atoms with Crippen molar-refractivity contribution in [3.05, 3.63) is 24.3 Å². The van der Waals surface area contributed by atoms with Gasteiger partial charge in [0.15, 0.2) is 5.78 Å². The fourth-order valence-electron chi connectivity index (χ4n) is 5.73. The Morgan fingerprint density at radius 2 is 0.870 bits per heavy atom. The molecule has 0 aromatic rings. The average Bonchev–Trinajstić information content (AvgIpc) is 3.07. The summed E-state index contributed by atoms with van der Waals surface area (Å²) in [4.78, 5) is 35.3. The lowest BCUT2D eigenvalue weighted by atomic mass is 10.0. The number of hydrogen-bond donors (Lipinski definition) is 3. The number of amides is 2. The van der Waals surface area contributed by atoms with Crippen molar-refractivity contribution in [3.8, 4) is 0 Å². The SMILES string of the molecule is CCCCCCCCCCCCC/C=C/C(=O)C(C)NC(=O)OC(C)(C)C.CCCCCCCCCCCCC/C=C/[C@H](O)C(C)NC(=O)OC(C)(C)C. The maximum absolute atomic E-state index is 12.0. The van der Waals surface area contributed by atoms with Gasteiger partial charge in [0.2, 0.25) is 0 Å². The molecular formula is C46H88N2O6. The van der Waals surface area contributed by atoms with Gasteiger partial charge in [-0.1, -0.05) is 160 Å². The molecule has 0 radical (unpaired) electrons. The third kappa shape index (κ3) is 40.8. The van der Waals surface area contributed by atoms with Crippen LogP contribution in [0.4, 0.5) is 9.59 Å². The molecule has 0 bridgehead atoms. The van der Waals surface area contributed by atoms with E-state index in [1.165, 1.54) is 128 Å². The Morgan fingerprint density at radius 3 is 1.24 bits per heavy atom. The number of allylic oxidation sites excluding steroid dienone is 2. The number of aliphatic hydroxyl groups is 1. The summed E-state index contributed by atoms with van der Waals surface area (Å²) in [6.07, 6.45) is 36.8. The van der Waals surface area contributed by atoms with Crippen molar-refractivity contribution in [2.45, 2.75) is 253 Å². The topological polar surface area (TPSA) is 114 Å². The number of ether oxygens (including phenoxy) is 2. The number of hydrogen-bond acceptors (Lipinski definition) is 6. The van der Waals surface area contributed by atoms with E-state index >= 15 is 0 Å². The lowest BCUT2D eigenvalue weighted by Gasteiger charge is -2.23. The molecule has 8 heteroatoms. The smallest absolute Gasteiger partial charge is 0.408 e. The molecule has 0 rings (SSSR count). The van der Waals surface area contributed by atoms with Crippen LogP contribution in [-0.2, 0) is 14.3 Å². The van der Waals surface area contributed by atoms with Crippen LogP contribution >= 0.6 is 0 Å². The number of carbonyl (C=O) groups excluding carboxylic acids is 3. The van der Waals surface area contributed by atoms with Crippen LogP contribution in [0.2, 0.25) is 0 Å². The number of rotatable bonds is 30. The highest BCUT2D eigenvalue weighted by Gasteiger charge is 2.21. The van der Waals surface area contributed by atoms with E-state index in [-0.39, 0.29) is 11.8 Å². The molecule has 0 aliphatic rings. The normalized spacial score (nSPS) is 13.6. The standard InChI is InChI=1S/C23H45NO3.C23H43NO3/c2*1-6-7-8-9-10-11-12-13-14-15-16-17-18-19-21(25)20(2)24-22(26)27-23(3,4)5/h18-21,25H,6-17H2,1-5H3,(H,24,26);18-20H,6-17H2,1-5H3,(H,24,26)/b2*19-18+/t20?,21-;/m0./s1. The summed E-state index contributed by atoms with van der Waals surface area (Å²) in [7, 11) is 0. The van der Waals surface area contributed by atoms with Gasteiger partial charge in [-0.05, 0) is 87.1 Å². The Labute approximate surface area is 333 Å². The fourth-order valence-corrected chi connectivity index (χ4v) is 5.73. The largest absolute Gasteiger partial charge is 0.444 e. The van der Waals surface area contributed by atoms with E-state index in [4.69, 9.17) is 9.47 Å². The summed E-state index contributed by atoms with van der Waals surface area (Å²) in [6.45, 7) is 18.8. The van der Waals surface area contributed by atoms with Crippen LogP contribution < -0.4 is 10.6 Å². The molecule has 2 amide bonds. The van der Waals surface area contributed by atoms with Crippen LogP contribution in [0.25, 0.3) is 0 Å². The first kappa shape index (κ1) is 53.8. The van der Waals surface area contributed by atoms with Gasteiger partial charge in [0.25, 0.3) is 0 Å². The minimum atomic E-state index is -0.690. The quantitative estimate of drug-likeness (QED) is 0.0381. The molecule has 0 saturated heterocycles. The van der Waals surface area contributed by atoms with Gasteiger partial charge in [-0.15, -0.1) is 0 Å². The summed E-state index contributed by atoms with van der Waals surface area (Å²) in [5.41, 5.74) is -1.09. The van der Waals surface area contributed by atoms with Crippen LogP contribution in [0.15, 0.2) is 24.3 Å². The zero-order valence-electron chi connectivity index (χ0n) is 37.0. The first-order valence-electron chi connectivity index (χ1n) is 22.1. The summed E-state index contributed by atoms with van der Waals surface area (Å²) in [5.74, 6) is -0.0936. The monoisotopic (exact) mass is 765 g/mol. The van der Waals surface area contributed by atoms with Crippen molar-refractivity contribution in [1.29, 1.82) is 0 Å². The molecule has 3 N–H and O–H groups in total. The van der Waals surface area contributed by atoms with Crippen LogP contribution in [-0.4, -0.2) is 52.5 Å². The molecule has 0 saturated carbocycles. The van der Waals surface area contributed by atoms with E-state index in [9.17, 15) is 19.5 Å². The predicted octanol–water partition coefficient (Wildman–Crippen LogP) is 13.2. The first-order valence-corrected chi connectivity index (χ1v) is 22.1. The minimum absolute atomic E-state index is 0.0936. The fraction of sp³-hybridized carbons (Fsp3) is 0.848. The van der Waals surface area contributed by atoms with E-state index < -0.39 is 35.5 Å². The molecule has 0 aromatic carbocycles. The van der Waals surface area contributed by atoms with Crippen molar-refractivity contribution in [3.63, 3.8) is 0 Å². The third-order valence-electron chi connectivity index (χ3n) is 8.98. The second-order valence-electron chi connectivity index (χ2n) is 17.2. The molecule has 0 heterocycles. The first-order chi connectivity index (χ1) is 25.5. The number of alkyl carbamates (subject to hydrolysis) is 2. The van der Waals surface area contributed by atoms with Gasteiger partial charge in [0, 0.05) is 0 Å². The highest BCUT2D eigenvalue weighted by atomic mass is 16.6. The zero-order valence-corrected chi connectivity index (χ0v) is 37.0. The van der Waals surface area contributed by atoms with E-state index in [2.05, 4.69) is 24.5 Å². The minimum Gasteiger partial charge on any atom is -0.444 e. The molecule has 0 aromatic heterocycles. The van der Waals surface area contributed by atoms with Crippen molar-refractivity contribution < 1.29 is 29.0 Å². The molecule has 0 aliphatic carbocycles. The predicted molar refractivity (Wildman–Crippen MR) is 229 cm³/mol. The van der Waals surface area contributed by atoms with Gasteiger partial charge in [-0.3, -0.25) is 4.79 Å². The van der Waals surface area contributed by atoms with Crippen molar-refractivity contribution >= 4 is 18.0 Å². The van der Waals surface area contributed by atoms with E-state index in [0.717, 1.165) is 25.7 Å². The lowest BCUT2D eigenvalue weighted by molar-refractivity contribution is -0.116. The molecule has 2 unspecified atom stereocenters. The van der Waals surface area contributed by atoms with Crippen LogP contribution in [0, 0.1) is 0 Å². The Balaban J connectivity index is 0. The third-order valence-corrected chi connectivity index (χ3v) is 8.98. The average molecular weight is 765 g/mol. The van der Waals surface area contributed by atoms with Crippen molar-refractivity contribution in [2.24, 2.45) is 0 Å². The van der Waals surface area contributed by atoms with Crippen LogP contribution in [0.5, 0.6) is 0 Å². The lowest BCUT2D eigenvalue weighted by Crippen LogP contribution is -2.43. The highest BCUT2D eigenvalue weighted by Crippen LogP contribution is 2.14. The Morgan fingerprint density at radius 1 is 0.537 bits per heavy atom. The van der Waals surface area contributed by atoms with E-state index in [1.54, 1.807) is 46.8 Å². The summed E-state index contributed by atoms with van der Waals surface area (Å²) < 4.78 is 10.3. The van der Waals surface area contributed by atoms with Gasteiger partial charge < -0.3 is 25.2 Å². The molecule has 3 atom stereocenters. The zero-order chi connectivity index (χ0) is 41.1. The Hall–Kier alpha value is -2.35. The summed E-state index contributed by atoms with van der Waals surface area (Å²) in [6, 6.07) is -0.929. The van der Waals surface area contributed by atoms with Gasteiger partial charge >= 0.3 is 12.2 Å². The maximum Gasteiger partial charge on any atom is 0.408 e. The number of aliphatic hydroxyl groups excluding tert-OH is 1. The van der Waals surface area contributed by atoms with Gasteiger partial charge in [0.05, 0.1) is 18.2 Å². The van der Waals surface area contributed by atoms with Crippen LogP contribution in [0.3, 0.4) is 0 Å². The van der Waals surface area contributed by atoms with Gasteiger partial charge in [0.1, 0.15) is 11.2 Å². The molecular weight excluding hydrogens is 677 g/mol.